The fraction of sp³-hybridized carbons (Fsp3) is 0.571. The molecule has 1 heterocycles. The predicted octanol–water partition coefficient (Wildman–Crippen LogP) is 2.53. The molecule has 1 saturated heterocycles. The molecule has 0 bridgehead atoms. The molecule has 2 unspecified atom stereocenters. The normalized spacial score (nSPS) is 25.3. The molecule has 0 aromatic heterocycles. The van der Waals surface area contributed by atoms with Crippen molar-refractivity contribution in [3.63, 3.8) is 0 Å². The zero-order valence-corrected chi connectivity index (χ0v) is 11.4. The van der Waals surface area contributed by atoms with Crippen molar-refractivity contribution >= 4 is 11.6 Å². The molecule has 3 nitrogen and oxygen atoms in total. The average molecular weight is 270 g/mol. The lowest BCUT2D eigenvalue weighted by atomic mass is 10.0. The van der Waals surface area contributed by atoms with Gasteiger partial charge in [-0.25, -0.2) is 0 Å². The van der Waals surface area contributed by atoms with E-state index in [1.807, 2.05) is 18.2 Å². The van der Waals surface area contributed by atoms with E-state index < -0.39 is 6.10 Å². The van der Waals surface area contributed by atoms with Crippen LogP contribution >= 0.6 is 11.6 Å². The Bertz CT molecular complexity index is 391. The van der Waals surface area contributed by atoms with E-state index in [0.29, 0.717) is 11.6 Å². The number of benzene rings is 1. The van der Waals surface area contributed by atoms with Gasteiger partial charge in [0.05, 0.1) is 11.7 Å². The fourth-order valence-corrected chi connectivity index (χ4v) is 2.57. The first-order valence-corrected chi connectivity index (χ1v) is 6.76. The van der Waals surface area contributed by atoms with E-state index in [2.05, 4.69) is 12.2 Å². The molecule has 18 heavy (non-hydrogen) atoms. The second-order valence-electron chi connectivity index (χ2n) is 5.07. The number of hydrogen-bond acceptors (Lipinski definition) is 3. The summed E-state index contributed by atoms with van der Waals surface area (Å²) < 4.78 is 5.68. The molecule has 0 saturated carbocycles. The molecule has 1 aromatic rings. The Kier molecular flexibility index (Phi) is 4.62. The molecule has 1 aliphatic rings. The number of halogens is 1. The summed E-state index contributed by atoms with van der Waals surface area (Å²) in [7, 11) is 0. The molecule has 0 aliphatic carbocycles. The molecule has 100 valence electrons. The van der Waals surface area contributed by atoms with E-state index in [4.69, 9.17) is 16.3 Å². The van der Waals surface area contributed by atoms with Gasteiger partial charge in [-0.3, -0.25) is 0 Å². The lowest BCUT2D eigenvalue weighted by molar-refractivity contribution is 0.0185. The first kappa shape index (κ1) is 13.8. The number of hydrogen-bond donors (Lipinski definition) is 2. The lowest BCUT2D eigenvalue weighted by Crippen LogP contribution is -2.38. The summed E-state index contributed by atoms with van der Waals surface area (Å²) >= 11 is 6.04. The van der Waals surface area contributed by atoms with Crippen molar-refractivity contribution in [2.75, 3.05) is 19.7 Å². The molecule has 2 N–H and O–H groups in total. The quantitative estimate of drug-likeness (QED) is 0.863. The zero-order valence-electron chi connectivity index (χ0n) is 10.7. The number of nitrogens with one attached hydrogen (secondary N) is 1. The van der Waals surface area contributed by atoms with E-state index in [0.717, 1.165) is 31.6 Å². The van der Waals surface area contributed by atoms with Crippen LogP contribution in [0.15, 0.2) is 24.3 Å². The Morgan fingerprint density at radius 1 is 1.50 bits per heavy atom. The molecule has 2 atom stereocenters. The summed E-state index contributed by atoms with van der Waals surface area (Å²) in [5, 5.41) is 13.9. The first-order chi connectivity index (χ1) is 8.61. The van der Waals surface area contributed by atoms with Gasteiger partial charge in [0.25, 0.3) is 0 Å². The molecule has 1 fully saturated rings. The van der Waals surface area contributed by atoms with Crippen LogP contribution < -0.4 is 5.32 Å². The monoisotopic (exact) mass is 269 g/mol. The first-order valence-electron chi connectivity index (χ1n) is 6.38. The molecule has 0 amide bonds. The van der Waals surface area contributed by atoms with Gasteiger partial charge in [0.1, 0.15) is 0 Å². The standard InChI is InChI=1S/C14H20ClNO2/c1-14(7-4-8-18-14)10-16-9-13(17)11-5-2-3-6-12(11)15/h2-3,5-6,13,16-17H,4,7-10H2,1H3. The summed E-state index contributed by atoms with van der Waals surface area (Å²) in [4.78, 5) is 0. The zero-order chi connectivity index (χ0) is 13.0. The van der Waals surface area contributed by atoms with Crippen molar-refractivity contribution in [3.05, 3.63) is 34.9 Å². The van der Waals surface area contributed by atoms with Crippen molar-refractivity contribution in [3.8, 4) is 0 Å². The van der Waals surface area contributed by atoms with Crippen LogP contribution in [0.4, 0.5) is 0 Å². The summed E-state index contributed by atoms with van der Waals surface area (Å²) in [6.07, 6.45) is 1.61. The van der Waals surface area contributed by atoms with Crippen LogP contribution in [-0.4, -0.2) is 30.4 Å². The molecule has 1 aliphatic heterocycles. The third-order valence-electron chi connectivity index (χ3n) is 3.40. The number of ether oxygens (including phenoxy) is 1. The van der Waals surface area contributed by atoms with E-state index in [9.17, 15) is 5.11 Å². The van der Waals surface area contributed by atoms with Gasteiger partial charge in [0.2, 0.25) is 0 Å². The van der Waals surface area contributed by atoms with E-state index in [-0.39, 0.29) is 5.60 Å². The summed E-state index contributed by atoms with van der Waals surface area (Å²) in [6, 6.07) is 7.38. The molecule has 4 heteroatoms. The van der Waals surface area contributed by atoms with Gasteiger partial charge in [-0.15, -0.1) is 0 Å². The molecule has 0 spiro atoms. The third-order valence-corrected chi connectivity index (χ3v) is 3.75. The molecular weight excluding hydrogens is 250 g/mol. The molecule has 1 aromatic carbocycles. The predicted molar refractivity (Wildman–Crippen MR) is 72.9 cm³/mol. The second-order valence-corrected chi connectivity index (χ2v) is 5.48. The van der Waals surface area contributed by atoms with Crippen molar-refractivity contribution < 1.29 is 9.84 Å². The van der Waals surface area contributed by atoms with Gasteiger partial charge in [0, 0.05) is 30.3 Å². The largest absolute Gasteiger partial charge is 0.387 e. The molecule has 2 rings (SSSR count). The average Bonchev–Trinajstić information content (AvgIpc) is 2.77. The molecular formula is C14H20ClNO2. The van der Waals surface area contributed by atoms with Gasteiger partial charge >= 0.3 is 0 Å². The van der Waals surface area contributed by atoms with Crippen LogP contribution in [0.2, 0.25) is 5.02 Å². The van der Waals surface area contributed by atoms with Gasteiger partial charge in [-0.2, -0.15) is 0 Å². The van der Waals surface area contributed by atoms with Crippen molar-refractivity contribution in [2.45, 2.75) is 31.5 Å². The van der Waals surface area contributed by atoms with E-state index in [1.165, 1.54) is 0 Å². The van der Waals surface area contributed by atoms with Gasteiger partial charge in [-0.1, -0.05) is 29.8 Å². The summed E-state index contributed by atoms with van der Waals surface area (Å²) in [6.45, 7) is 4.19. The van der Waals surface area contributed by atoms with E-state index in [1.54, 1.807) is 6.07 Å². The van der Waals surface area contributed by atoms with E-state index >= 15 is 0 Å². The number of aliphatic hydroxyl groups is 1. The fourth-order valence-electron chi connectivity index (χ4n) is 2.30. The van der Waals surface area contributed by atoms with Crippen LogP contribution in [0.1, 0.15) is 31.4 Å². The Labute approximate surface area is 113 Å². The minimum atomic E-state index is -0.580. The lowest BCUT2D eigenvalue weighted by Gasteiger charge is -2.24. The highest BCUT2D eigenvalue weighted by Gasteiger charge is 2.29. The maximum absolute atomic E-state index is 10.1. The van der Waals surface area contributed by atoms with Crippen molar-refractivity contribution in [1.82, 2.24) is 5.32 Å². The Morgan fingerprint density at radius 2 is 2.28 bits per heavy atom. The van der Waals surface area contributed by atoms with Gasteiger partial charge in [-0.05, 0) is 25.8 Å². The summed E-state index contributed by atoms with van der Waals surface area (Å²) in [5.74, 6) is 0. The Morgan fingerprint density at radius 3 is 2.94 bits per heavy atom. The second kappa shape index (κ2) is 6.02. The van der Waals surface area contributed by atoms with Gasteiger partial charge < -0.3 is 15.2 Å². The minimum absolute atomic E-state index is 0.0831. The highest BCUT2D eigenvalue weighted by Crippen LogP contribution is 2.25. The van der Waals surface area contributed by atoms with Crippen LogP contribution in [0.5, 0.6) is 0 Å². The van der Waals surface area contributed by atoms with Crippen molar-refractivity contribution in [2.24, 2.45) is 0 Å². The summed E-state index contributed by atoms with van der Waals surface area (Å²) in [5.41, 5.74) is 0.685. The SMILES string of the molecule is CC1(CNCC(O)c2ccccc2Cl)CCCO1. The Balaban J connectivity index is 1.82. The van der Waals surface area contributed by atoms with Crippen LogP contribution in [0.3, 0.4) is 0 Å². The highest BCUT2D eigenvalue weighted by atomic mass is 35.5. The maximum Gasteiger partial charge on any atom is 0.0928 e. The third kappa shape index (κ3) is 3.45. The number of aliphatic hydroxyl groups excluding tert-OH is 1. The van der Waals surface area contributed by atoms with Crippen molar-refractivity contribution in [1.29, 1.82) is 0 Å². The van der Waals surface area contributed by atoms with Crippen LogP contribution in [0.25, 0.3) is 0 Å². The minimum Gasteiger partial charge on any atom is -0.387 e. The highest BCUT2D eigenvalue weighted by molar-refractivity contribution is 6.31. The smallest absolute Gasteiger partial charge is 0.0928 e. The topological polar surface area (TPSA) is 41.5 Å². The number of rotatable bonds is 5. The Hall–Kier alpha value is -0.610. The van der Waals surface area contributed by atoms with Crippen LogP contribution in [-0.2, 0) is 4.74 Å². The molecule has 0 radical (unpaired) electrons. The maximum atomic E-state index is 10.1. The van der Waals surface area contributed by atoms with Gasteiger partial charge in [0.15, 0.2) is 0 Å². The van der Waals surface area contributed by atoms with Crippen LogP contribution in [0, 0.1) is 0 Å².